The van der Waals surface area contributed by atoms with Gasteiger partial charge in [-0.3, -0.25) is 14.0 Å². The molecule has 0 fully saturated rings. The van der Waals surface area contributed by atoms with Crippen molar-refractivity contribution < 1.29 is 14.7 Å². The molecule has 2 aromatic heterocycles. The van der Waals surface area contributed by atoms with Gasteiger partial charge >= 0.3 is 0 Å². The Morgan fingerprint density at radius 3 is 2.57 bits per heavy atom. The molecule has 6 nitrogen and oxygen atoms in total. The number of aliphatic hydroxyl groups excluding tert-OH is 1. The quantitative estimate of drug-likeness (QED) is 0.595. The molecule has 0 spiro atoms. The molecule has 0 aromatic carbocycles. The third-order valence-corrected chi connectivity index (χ3v) is 3.85. The Morgan fingerprint density at radius 2 is 2.00 bits per heavy atom. The highest BCUT2D eigenvalue weighted by atomic mass is 16.2. The Labute approximate surface area is 180 Å². The first-order valence-corrected chi connectivity index (χ1v) is 10.6. The summed E-state index contributed by atoms with van der Waals surface area (Å²) < 4.78 is 1.73. The number of carbonyl (C=O) groups excluding carboxylic acids is 2. The van der Waals surface area contributed by atoms with Crippen molar-refractivity contribution >= 4 is 17.3 Å². The molecule has 1 amide bonds. The number of hydrogen-bond acceptors (Lipinski definition) is 4. The third kappa shape index (κ3) is 10.2. The van der Waals surface area contributed by atoms with E-state index in [1.54, 1.807) is 28.8 Å². The van der Waals surface area contributed by atoms with Crippen LogP contribution in [0, 0.1) is 5.92 Å². The lowest BCUT2D eigenvalue weighted by atomic mass is 10.1. The van der Waals surface area contributed by atoms with Gasteiger partial charge in [-0.25, -0.2) is 4.98 Å². The van der Waals surface area contributed by atoms with Gasteiger partial charge in [-0.1, -0.05) is 58.6 Å². The second-order valence-corrected chi connectivity index (χ2v) is 6.69. The molecule has 2 heterocycles. The van der Waals surface area contributed by atoms with Gasteiger partial charge in [0.1, 0.15) is 17.1 Å². The van der Waals surface area contributed by atoms with Crippen LogP contribution in [0.2, 0.25) is 0 Å². The van der Waals surface area contributed by atoms with Crippen molar-refractivity contribution in [1.82, 2.24) is 14.7 Å². The molecule has 0 aliphatic heterocycles. The molecule has 30 heavy (non-hydrogen) atoms. The van der Waals surface area contributed by atoms with Gasteiger partial charge in [0.2, 0.25) is 0 Å². The van der Waals surface area contributed by atoms with Gasteiger partial charge in [-0.2, -0.15) is 0 Å². The summed E-state index contributed by atoms with van der Waals surface area (Å²) >= 11 is 0. The number of amides is 1. The van der Waals surface area contributed by atoms with E-state index in [1.807, 2.05) is 39.0 Å². The fourth-order valence-electron chi connectivity index (χ4n) is 2.43. The maximum atomic E-state index is 12.5. The number of hydrogen-bond donors (Lipinski definition) is 2. The van der Waals surface area contributed by atoms with Crippen molar-refractivity contribution in [2.24, 2.45) is 5.92 Å². The molecule has 166 valence electrons. The van der Waals surface area contributed by atoms with Gasteiger partial charge in [0.05, 0.1) is 5.69 Å². The summed E-state index contributed by atoms with van der Waals surface area (Å²) in [4.78, 5) is 28.1. The van der Waals surface area contributed by atoms with Gasteiger partial charge in [0.15, 0.2) is 0 Å². The van der Waals surface area contributed by atoms with E-state index in [9.17, 15) is 9.59 Å². The average Bonchev–Trinajstić information content (AvgIpc) is 3.15. The molecular weight excluding hydrogens is 378 g/mol. The summed E-state index contributed by atoms with van der Waals surface area (Å²) in [6.07, 6.45) is 9.46. The summed E-state index contributed by atoms with van der Waals surface area (Å²) in [6, 6.07) is 5.37. The maximum Gasteiger partial charge on any atom is 0.268 e. The standard InChI is InChI=1S/C19H23N3O2.C3H8O.C2H6/c1-4-5-6-8-14(2)12-20-19(24)17-9-7-10-18-21-16(11-15(3)23)13-22(17)18;1-2-3-4;1-2/h4-7,9-10,13-14H,1,8,11-12H2,2-3H3,(H,20,24);4H,2-3H2,1H3;1-2H3/b6-5-;;. The minimum absolute atomic E-state index is 0.0470. The summed E-state index contributed by atoms with van der Waals surface area (Å²) in [5.74, 6) is 0.234. The van der Waals surface area contributed by atoms with E-state index >= 15 is 0 Å². The van der Waals surface area contributed by atoms with Crippen LogP contribution in [0.1, 0.15) is 63.6 Å². The predicted octanol–water partition coefficient (Wildman–Crippen LogP) is 4.38. The molecule has 0 saturated heterocycles. The Kier molecular flexibility index (Phi) is 14.6. The van der Waals surface area contributed by atoms with Crippen molar-refractivity contribution in [1.29, 1.82) is 0 Å². The van der Waals surface area contributed by atoms with Crippen LogP contribution in [-0.2, 0) is 11.2 Å². The molecule has 6 heteroatoms. The minimum atomic E-state index is -0.146. The number of carbonyl (C=O) groups is 2. The van der Waals surface area contributed by atoms with Crippen LogP contribution in [0.3, 0.4) is 0 Å². The summed E-state index contributed by atoms with van der Waals surface area (Å²) in [6.45, 7) is 14.1. The molecule has 2 rings (SSSR count). The number of fused-ring (bicyclic) bond motifs is 1. The van der Waals surface area contributed by atoms with Crippen molar-refractivity contribution in [3.8, 4) is 0 Å². The van der Waals surface area contributed by atoms with Crippen LogP contribution in [0.5, 0.6) is 0 Å². The molecule has 0 aliphatic rings. The Bertz CT molecular complexity index is 807. The van der Waals surface area contributed by atoms with Crippen LogP contribution in [0.15, 0.2) is 49.2 Å². The van der Waals surface area contributed by atoms with E-state index in [1.165, 1.54) is 6.92 Å². The van der Waals surface area contributed by atoms with Crippen LogP contribution < -0.4 is 5.32 Å². The molecule has 2 N–H and O–H groups in total. The van der Waals surface area contributed by atoms with Crippen LogP contribution in [-0.4, -0.2) is 39.3 Å². The number of aliphatic hydroxyl groups is 1. The maximum absolute atomic E-state index is 12.5. The first kappa shape index (κ1) is 27.3. The molecule has 0 saturated carbocycles. The fraction of sp³-hybridized carbons (Fsp3) is 0.458. The first-order valence-electron chi connectivity index (χ1n) is 10.6. The SMILES string of the molecule is C=C/C=C\CC(C)CNC(=O)c1cccc2nc(CC(C)=O)cn12.CC.CCCO. The Morgan fingerprint density at radius 1 is 1.33 bits per heavy atom. The predicted molar refractivity (Wildman–Crippen MR) is 124 cm³/mol. The summed E-state index contributed by atoms with van der Waals surface area (Å²) in [5, 5.41) is 10.8. The number of imidazole rings is 1. The minimum Gasteiger partial charge on any atom is -0.396 e. The smallest absolute Gasteiger partial charge is 0.268 e. The molecule has 0 bridgehead atoms. The van der Waals surface area contributed by atoms with Crippen LogP contribution >= 0.6 is 0 Å². The lowest BCUT2D eigenvalue weighted by Gasteiger charge is -2.11. The Balaban J connectivity index is 0.00000125. The number of nitrogens with zero attached hydrogens (tertiary/aromatic N) is 2. The van der Waals surface area contributed by atoms with Gasteiger partial charge in [-0.05, 0) is 37.8 Å². The highest BCUT2D eigenvalue weighted by Crippen LogP contribution is 2.11. The second kappa shape index (κ2) is 16.1. The lowest BCUT2D eigenvalue weighted by Crippen LogP contribution is -2.29. The molecule has 0 aliphatic carbocycles. The van der Waals surface area contributed by atoms with Crippen molar-refractivity contribution in [3.63, 3.8) is 0 Å². The summed E-state index contributed by atoms with van der Waals surface area (Å²) in [5.41, 5.74) is 1.86. The number of nitrogens with one attached hydrogen (secondary N) is 1. The molecule has 1 unspecified atom stereocenters. The monoisotopic (exact) mass is 415 g/mol. The number of aromatic nitrogens is 2. The largest absolute Gasteiger partial charge is 0.396 e. The highest BCUT2D eigenvalue weighted by Gasteiger charge is 2.13. The number of pyridine rings is 1. The lowest BCUT2D eigenvalue weighted by molar-refractivity contribution is -0.116. The molecular formula is C24H37N3O3. The zero-order valence-electron chi connectivity index (χ0n) is 19.0. The van der Waals surface area contributed by atoms with Crippen molar-refractivity contribution in [2.75, 3.05) is 13.2 Å². The third-order valence-electron chi connectivity index (χ3n) is 3.85. The first-order chi connectivity index (χ1) is 14.4. The van der Waals surface area contributed by atoms with E-state index in [2.05, 4.69) is 23.8 Å². The molecule has 0 radical (unpaired) electrons. The van der Waals surface area contributed by atoms with E-state index in [-0.39, 0.29) is 18.1 Å². The van der Waals surface area contributed by atoms with Crippen molar-refractivity contribution in [2.45, 2.75) is 53.9 Å². The van der Waals surface area contributed by atoms with Gasteiger partial charge in [0.25, 0.3) is 5.91 Å². The number of ketones is 1. The van der Waals surface area contributed by atoms with Crippen molar-refractivity contribution in [3.05, 3.63) is 60.6 Å². The number of Topliss-reactive ketones (excluding diaryl/α,β-unsaturated/α-hetero) is 1. The topological polar surface area (TPSA) is 83.7 Å². The van der Waals surface area contributed by atoms with Gasteiger partial charge < -0.3 is 10.4 Å². The highest BCUT2D eigenvalue weighted by molar-refractivity contribution is 5.93. The van der Waals surface area contributed by atoms with Crippen LogP contribution in [0.4, 0.5) is 0 Å². The van der Waals surface area contributed by atoms with E-state index in [4.69, 9.17) is 5.11 Å². The second-order valence-electron chi connectivity index (χ2n) is 6.69. The molecule has 2 aromatic rings. The zero-order valence-corrected chi connectivity index (χ0v) is 19.0. The normalized spacial score (nSPS) is 11.1. The molecule has 1 atom stereocenters. The van der Waals surface area contributed by atoms with E-state index in [0.717, 1.165) is 12.8 Å². The van der Waals surface area contributed by atoms with Crippen LogP contribution in [0.25, 0.3) is 5.65 Å². The fourth-order valence-corrected chi connectivity index (χ4v) is 2.43. The number of rotatable bonds is 9. The number of allylic oxidation sites excluding steroid dienone is 3. The zero-order chi connectivity index (χ0) is 22.9. The van der Waals surface area contributed by atoms with E-state index in [0.29, 0.717) is 36.1 Å². The Hall–Kier alpha value is -2.73. The average molecular weight is 416 g/mol. The van der Waals surface area contributed by atoms with Gasteiger partial charge in [-0.15, -0.1) is 0 Å². The summed E-state index contributed by atoms with van der Waals surface area (Å²) in [7, 11) is 0. The van der Waals surface area contributed by atoms with Gasteiger partial charge in [0, 0.05) is 25.8 Å². The van der Waals surface area contributed by atoms with E-state index < -0.39 is 0 Å².